The summed E-state index contributed by atoms with van der Waals surface area (Å²) in [5, 5.41) is 9.39. The summed E-state index contributed by atoms with van der Waals surface area (Å²) in [7, 11) is 0. The van der Waals surface area contributed by atoms with Crippen LogP contribution in [-0.2, 0) is 6.54 Å². The number of aliphatic hydroxyl groups excluding tert-OH is 1. The zero-order chi connectivity index (χ0) is 16.9. The maximum absolute atomic E-state index is 12.1. The molecule has 0 bridgehead atoms. The average molecular weight is 332 g/mol. The van der Waals surface area contributed by atoms with Gasteiger partial charge < -0.3 is 9.84 Å². The van der Waals surface area contributed by atoms with Crippen LogP contribution in [0.15, 0.2) is 24.3 Å². The summed E-state index contributed by atoms with van der Waals surface area (Å²) < 4.78 is 41.0. The lowest BCUT2D eigenvalue weighted by atomic mass is 10.2. The number of halogens is 3. The van der Waals surface area contributed by atoms with Crippen molar-refractivity contribution < 1.29 is 23.0 Å². The molecule has 1 fully saturated rings. The van der Waals surface area contributed by atoms with Crippen LogP contribution in [0, 0.1) is 0 Å². The molecule has 1 unspecified atom stereocenters. The summed E-state index contributed by atoms with van der Waals surface area (Å²) in [5.41, 5.74) is 1.05. The summed E-state index contributed by atoms with van der Waals surface area (Å²) in [6, 6.07) is 6.75. The molecule has 1 aliphatic rings. The molecule has 0 radical (unpaired) electrons. The van der Waals surface area contributed by atoms with E-state index in [0.717, 1.165) is 38.3 Å². The van der Waals surface area contributed by atoms with Crippen LogP contribution in [0.4, 0.5) is 13.2 Å². The zero-order valence-electron chi connectivity index (χ0n) is 13.2. The highest BCUT2D eigenvalue weighted by Crippen LogP contribution is 2.19. The molecule has 23 heavy (non-hydrogen) atoms. The first-order valence-electron chi connectivity index (χ1n) is 7.73. The molecular formula is C16H23F3N2O2. The fraction of sp³-hybridized carbons (Fsp3) is 0.625. The Labute approximate surface area is 134 Å². The molecule has 0 amide bonds. The molecule has 1 N–H and O–H groups in total. The van der Waals surface area contributed by atoms with Crippen LogP contribution < -0.4 is 4.74 Å². The van der Waals surface area contributed by atoms with Gasteiger partial charge in [0.1, 0.15) is 5.75 Å². The van der Waals surface area contributed by atoms with Crippen molar-refractivity contribution in [1.29, 1.82) is 0 Å². The van der Waals surface area contributed by atoms with Crippen molar-refractivity contribution in [1.82, 2.24) is 9.80 Å². The lowest BCUT2D eigenvalue weighted by Crippen LogP contribution is -2.47. The van der Waals surface area contributed by atoms with Gasteiger partial charge in [0.05, 0.1) is 6.10 Å². The standard InChI is InChI=1S/C16H23F3N2O2/c1-13(22)10-20-6-8-21(9-7-20)11-14-2-4-15(5-3-14)23-12-16(17,18)19/h2-5,13,22H,6-12H2,1H3. The van der Waals surface area contributed by atoms with Crippen molar-refractivity contribution in [3.8, 4) is 5.75 Å². The van der Waals surface area contributed by atoms with Gasteiger partial charge in [0.25, 0.3) is 0 Å². The number of β-amino-alcohol motifs (C(OH)–C–C–N with tert-alkyl or cyclic N) is 1. The van der Waals surface area contributed by atoms with E-state index in [-0.39, 0.29) is 11.9 Å². The first-order chi connectivity index (χ1) is 10.8. The molecule has 0 spiro atoms. The number of hydrogen-bond acceptors (Lipinski definition) is 4. The highest BCUT2D eigenvalue weighted by molar-refractivity contribution is 5.27. The number of nitrogens with zero attached hydrogens (tertiary/aromatic N) is 2. The number of benzene rings is 1. The van der Waals surface area contributed by atoms with Gasteiger partial charge in [-0.1, -0.05) is 12.1 Å². The summed E-state index contributed by atoms with van der Waals surface area (Å²) in [6.07, 6.45) is -4.63. The average Bonchev–Trinajstić information content (AvgIpc) is 2.47. The van der Waals surface area contributed by atoms with E-state index in [2.05, 4.69) is 9.80 Å². The smallest absolute Gasteiger partial charge is 0.422 e. The Kier molecular flexibility index (Phi) is 6.26. The normalized spacial score (nSPS) is 18.8. The molecule has 1 aliphatic heterocycles. The molecule has 1 saturated heterocycles. The summed E-state index contributed by atoms with van der Waals surface area (Å²) in [5.74, 6) is 0.229. The SMILES string of the molecule is CC(O)CN1CCN(Cc2ccc(OCC(F)(F)F)cc2)CC1. The van der Waals surface area contributed by atoms with Crippen molar-refractivity contribution in [3.05, 3.63) is 29.8 Å². The Bertz CT molecular complexity index is 469. The number of piperazine rings is 1. The minimum absolute atomic E-state index is 0.229. The highest BCUT2D eigenvalue weighted by Gasteiger charge is 2.28. The van der Waals surface area contributed by atoms with Gasteiger partial charge in [0, 0.05) is 39.3 Å². The molecule has 1 heterocycles. The van der Waals surface area contributed by atoms with Gasteiger partial charge in [-0.2, -0.15) is 13.2 Å². The van der Waals surface area contributed by atoms with E-state index in [1.807, 2.05) is 0 Å². The van der Waals surface area contributed by atoms with Gasteiger partial charge in [0.15, 0.2) is 6.61 Å². The van der Waals surface area contributed by atoms with E-state index in [1.54, 1.807) is 31.2 Å². The van der Waals surface area contributed by atoms with Crippen molar-refractivity contribution in [2.45, 2.75) is 25.7 Å². The molecule has 1 atom stereocenters. The zero-order valence-corrected chi connectivity index (χ0v) is 13.2. The van der Waals surface area contributed by atoms with Gasteiger partial charge in [-0.3, -0.25) is 9.80 Å². The maximum Gasteiger partial charge on any atom is 0.422 e. The Morgan fingerprint density at radius 3 is 2.17 bits per heavy atom. The van der Waals surface area contributed by atoms with Crippen LogP contribution >= 0.6 is 0 Å². The van der Waals surface area contributed by atoms with E-state index in [1.165, 1.54) is 0 Å². The monoisotopic (exact) mass is 332 g/mol. The molecule has 4 nitrogen and oxygen atoms in total. The lowest BCUT2D eigenvalue weighted by Gasteiger charge is -2.35. The summed E-state index contributed by atoms with van der Waals surface area (Å²) >= 11 is 0. The highest BCUT2D eigenvalue weighted by atomic mass is 19.4. The minimum atomic E-state index is -4.32. The van der Waals surface area contributed by atoms with Crippen LogP contribution in [0.2, 0.25) is 0 Å². The molecule has 130 valence electrons. The first-order valence-corrected chi connectivity index (χ1v) is 7.73. The Hall–Kier alpha value is -1.31. The number of rotatable bonds is 6. The number of alkyl halides is 3. The van der Waals surface area contributed by atoms with Gasteiger partial charge in [-0.15, -0.1) is 0 Å². The first kappa shape index (κ1) is 18.0. The number of aliphatic hydroxyl groups is 1. The second-order valence-corrected chi connectivity index (χ2v) is 5.97. The summed E-state index contributed by atoms with van der Waals surface area (Å²) in [4.78, 5) is 4.53. The third-order valence-electron chi connectivity index (χ3n) is 3.72. The van der Waals surface area contributed by atoms with Crippen molar-refractivity contribution >= 4 is 0 Å². The van der Waals surface area contributed by atoms with Gasteiger partial charge in [-0.25, -0.2) is 0 Å². The largest absolute Gasteiger partial charge is 0.484 e. The predicted octanol–water partition coefficient (Wildman–Crippen LogP) is 2.13. The van der Waals surface area contributed by atoms with E-state index < -0.39 is 12.8 Å². The second-order valence-electron chi connectivity index (χ2n) is 5.97. The third kappa shape index (κ3) is 6.76. The van der Waals surface area contributed by atoms with Gasteiger partial charge in [-0.05, 0) is 24.6 Å². The molecule has 7 heteroatoms. The number of hydrogen-bond donors (Lipinski definition) is 1. The fourth-order valence-electron chi connectivity index (χ4n) is 2.62. The minimum Gasteiger partial charge on any atom is -0.484 e. The van der Waals surface area contributed by atoms with Crippen molar-refractivity contribution in [2.24, 2.45) is 0 Å². The molecular weight excluding hydrogens is 309 g/mol. The van der Waals surface area contributed by atoms with Gasteiger partial charge >= 0.3 is 6.18 Å². The Morgan fingerprint density at radius 2 is 1.65 bits per heavy atom. The molecule has 0 saturated carbocycles. The van der Waals surface area contributed by atoms with Crippen LogP contribution in [-0.4, -0.2) is 66.5 Å². The quantitative estimate of drug-likeness (QED) is 0.866. The van der Waals surface area contributed by atoms with Gasteiger partial charge in [0.2, 0.25) is 0 Å². The van der Waals surface area contributed by atoms with E-state index >= 15 is 0 Å². The van der Waals surface area contributed by atoms with Crippen LogP contribution in [0.1, 0.15) is 12.5 Å². The predicted molar refractivity (Wildman–Crippen MR) is 81.4 cm³/mol. The maximum atomic E-state index is 12.1. The van der Waals surface area contributed by atoms with E-state index in [0.29, 0.717) is 6.54 Å². The molecule has 1 aromatic carbocycles. The van der Waals surface area contributed by atoms with E-state index in [9.17, 15) is 18.3 Å². The lowest BCUT2D eigenvalue weighted by molar-refractivity contribution is -0.153. The molecule has 1 aromatic rings. The fourth-order valence-corrected chi connectivity index (χ4v) is 2.62. The summed E-state index contributed by atoms with van der Waals surface area (Å²) in [6.45, 7) is 5.64. The topological polar surface area (TPSA) is 35.9 Å². The number of ether oxygens (including phenoxy) is 1. The molecule has 0 aliphatic carbocycles. The third-order valence-corrected chi connectivity index (χ3v) is 3.72. The molecule has 2 rings (SSSR count). The molecule has 0 aromatic heterocycles. The van der Waals surface area contributed by atoms with Crippen LogP contribution in [0.5, 0.6) is 5.75 Å². The van der Waals surface area contributed by atoms with Crippen molar-refractivity contribution in [3.63, 3.8) is 0 Å². The van der Waals surface area contributed by atoms with E-state index in [4.69, 9.17) is 4.74 Å². The van der Waals surface area contributed by atoms with Crippen molar-refractivity contribution in [2.75, 3.05) is 39.3 Å². The van der Waals surface area contributed by atoms with Crippen LogP contribution in [0.25, 0.3) is 0 Å². The Balaban J connectivity index is 1.76. The Morgan fingerprint density at radius 1 is 1.09 bits per heavy atom. The second kappa shape index (κ2) is 7.99. The van der Waals surface area contributed by atoms with Crippen LogP contribution in [0.3, 0.4) is 0 Å².